The Bertz CT molecular complexity index is 797. The maximum absolute atomic E-state index is 12.6. The van der Waals surface area contributed by atoms with Gasteiger partial charge in [-0.2, -0.15) is 0 Å². The van der Waals surface area contributed by atoms with Gasteiger partial charge >= 0.3 is 0 Å². The lowest BCUT2D eigenvalue weighted by Crippen LogP contribution is -2.35. The highest BCUT2D eigenvalue weighted by atomic mass is 16.5. The fourth-order valence-electron chi connectivity index (χ4n) is 3.05. The van der Waals surface area contributed by atoms with Crippen molar-refractivity contribution in [3.8, 4) is 5.75 Å². The van der Waals surface area contributed by atoms with Crippen LogP contribution in [0.3, 0.4) is 0 Å². The van der Waals surface area contributed by atoms with E-state index in [1.165, 1.54) is 12.4 Å². The molecule has 1 fully saturated rings. The minimum absolute atomic E-state index is 0.0629. The Hall–Kier alpha value is -2.89. The molecule has 0 spiro atoms. The predicted octanol–water partition coefficient (Wildman–Crippen LogP) is 3.75. The first-order valence-corrected chi connectivity index (χ1v) is 9.35. The first kappa shape index (κ1) is 18.9. The average Bonchev–Trinajstić information content (AvgIpc) is 2.69. The van der Waals surface area contributed by atoms with Gasteiger partial charge < -0.3 is 15.0 Å². The van der Waals surface area contributed by atoms with Crippen LogP contribution in [0.15, 0.2) is 42.7 Å². The SMILES string of the molecule is CC(C)Oc1ccc(NC(=O)c2cncc(C(=O)N3CCCCC3)c2)cc1. The van der Waals surface area contributed by atoms with Crippen molar-refractivity contribution in [2.24, 2.45) is 0 Å². The molecule has 0 unspecified atom stereocenters. The van der Waals surface area contributed by atoms with Gasteiger partial charge in [-0.1, -0.05) is 0 Å². The number of ether oxygens (including phenoxy) is 1. The van der Waals surface area contributed by atoms with Crippen LogP contribution in [-0.2, 0) is 0 Å². The van der Waals surface area contributed by atoms with Crippen LogP contribution in [-0.4, -0.2) is 40.9 Å². The summed E-state index contributed by atoms with van der Waals surface area (Å²) in [5.41, 5.74) is 1.47. The number of pyridine rings is 1. The predicted molar refractivity (Wildman–Crippen MR) is 104 cm³/mol. The summed E-state index contributed by atoms with van der Waals surface area (Å²) < 4.78 is 5.59. The third kappa shape index (κ3) is 5.06. The quantitative estimate of drug-likeness (QED) is 0.874. The molecule has 0 bridgehead atoms. The van der Waals surface area contributed by atoms with E-state index in [4.69, 9.17) is 4.74 Å². The number of anilines is 1. The summed E-state index contributed by atoms with van der Waals surface area (Å²) in [6, 6.07) is 8.79. The van der Waals surface area contributed by atoms with Crippen LogP contribution >= 0.6 is 0 Å². The van der Waals surface area contributed by atoms with Crippen molar-refractivity contribution in [2.75, 3.05) is 18.4 Å². The van der Waals surface area contributed by atoms with E-state index in [1.54, 1.807) is 18.2 Å². The van der Waals surface area contributed by atoms with Gasteiger partial charge in [-0.15, -0.1) is 0 Å². The molecule has 1 aliphatic rings. The fourth-order valence-corrected chi connectivity index (χ4v) is 3.05. The van der Waals surface area contributed by atoms with Crippen LogP contribution in [0.5, 0.6) is 5.75 Å². The summed E-state index contributed by atoms with van der Waals surface area (Å²) in [5.74, 6) is 0.388. The van der Waals surface area contributed by atoms with E-state index < -0.39 is 0 Å². The summed E-state index contributed by atoms with van der Waals surface area (Å²) in [4.78, 5) is 31.0. The van der Waals surface area contributed by atoms with E-state index in [0.29, 0.717) is 16.8 Å². The van der Waals surface area contributed by atoms with Gasteiger partial charge in [0.25, 0.3) is 11.8 Å². The highest BCUT2D eigenvalue weighted by Crippen LogP contribution is 2.18. The number of aromatic nitrogens is 1. The van der Waals surface area contributed by atoms with Crippen molar-refractivity contribution in [3.63, 3.8) is 0 Å². The molecule has 0 radical (unpaired) electrons. The van der Waals surface area contributed by atoms with Crippen molar-refractivity contribution in [3.05, 3.63) is 53.9 Å². The number of hydrogen-bond acceptors (Lipinski definition) is 4. The van der Waals surface area contributed by atoms with E-state index in [2.05, 4.69) is 10.3 Å². The number of rotatable bonds is 5. The van der Waals surface area contributed by atoms with Gasteiger partial charge in [-0.3, -0.25) is 14.6 Å². The second-order valence-electron chi connectivity index (χ2n) is 6.96. The summed E-state index contributed by atoms with van der Waals surface area (Å²) >= 11 is 0. The molecule has 1 aliphatic heterocycles. The molecule has 2 aromatic rings. The number of likely N-dealkylation sites (tertiary alicyclic amines) is 1. The van der Waals surface area contributed by atoms with E-state index >= 15 is 0 Å². The molecule has 0 saturated carbocycles. The zero-order valence-electron chi connectivity index (χ0n) is 15.8. The highest BCUT2D eigenvalue weighted by molar-refractivity contribution is 6.05. The molecule has 6 heteroatoms. The molecule has 0 aliphatic carbocycles. The van der Waals surface area contributed by atoms with E-state index in [0.717, 1.165) is 38.1 Å². The number of nitrogens with zero attached hydrogens (tertiary/aromatic N) is 2. The summed E-state index contributed by atoms with van der Waals surface area (Å²) in [5, 5.41) is 2.83. The minimum Gasteiger partial charge on any atom is -0.491 e. The molecule has 27 heavy (non-hydrogen) atoms. The molecular weight excluding hydrogens is 342 g/mol. The maximum atomic E-state index is 12.6. The second-order valence-corrected chi connectivity index (χ2v) is 6.96. The highest BCUT2D eigenvalue weighted by Gasteiger charge is 2.19. The molecule has 3 rings (SSSR count). The number of carbonyl (C=O) groups is 2. The monoisotopic (exact) mass is 367 g/mol. The number of hydrogen-bond donors (Lipinski definition) is 1. The number of piperidine rings is 1. The molecule has 142 valence electrons. The topological polar surface area (TPSA) is 71.5 Å². The normalized spacial score (nSPS) is 14.1. The third-order valence-corrected chi connectivity index (χ3v) is 4.37. The summed E-state index contributed by atoms with van der Waals surface area (Å²) in [6.45, 7) is 5.45. The molecule has 1 aromatic heterocycles. The van der Waals surface area contributed by atoms with E-state index in [1.807, 2.05) is 30.9 Å². The number of amides is 2. The lowest BCUT2D eigenvalue weighted by molar-refractivity contribution is 0.0724. The van der Waals surface area contributed by atoms with Gasteiger partial charge in [0.1, 0.15) is 5.75 Å². The number of carbonyl (C=O) groups excluding carboxylic acids is 2. The van der Waals surface area contributed by atoms with E-state index in [9.17, 15) is 9.59 Å². The molecule has 2 heterocycles. The number of benzene rings is 1. The van der Waals surface area contributed by atoms with Crippen LogP contribution in [0, 0.1) is 0 Å². The van der Waals surface area contributed by atoms with Crippen LogP contribution in [0.2, 0.25) is 0 Å². The van der Waals surface area contributed by atoms with Crippen molar-refractivity contribution in [1.29, 1.82) is 0 Å². The standard InChI is InChI=1S/C21H25N3O3/c1-15(2)27-19-8-6-18(7-9-19)23-20(25)16-12-17(14-22-13-16)21(26)24-10-4-3-5-11-24/h6-9,12-15H,3-5,10-11H2,1-2H3,(H,23,25). The summed E-state index contributed by atoms with van der Waals surface area (Å²) in [6.07, 6.45) is 6.29. The Kier molecular flexibility index (Phi) is 6.06. The van der Waals surface area contributed by atoms with Crippen LogP contribution < -0.4 is 10.1 Å². The van der Waals surface area contributed by atoms with Gasteiger partial charge in [-0.25, -0.2) is 0 Å². The van der Waals surface area contributed by atoms with Crippen molar-refractivity contribution >= 4 is 17.5 Å². The lowest BCUT2D eigenvalue weighted by Gasteiger charge is -2.26. The van der Waals surface area contributed by atoms with Crippen LogP contribution in [0.25, 0.3) is 0 Å². The first-order chi connectivity index (χ1) is 13.0. The third-order valence-electron chi connectivity index (χ3n) is 4.37. The van der Waals surface area contributed by atoms with Crippen molar-refractivity contribution in [2.45, 2.75) is 39.2 Å². The van der Waals surface area contributed by atoms with E-state index in [-0.39, 0.29) is 17.9 Å². The minimum atomic E-state index is -0.298. The van der Waals surface area contributed by atoms with Crippen LogP contribution in [0.1, 0.15) is 53.8 Å². The summed E-state index contributed by atoms with van der Waals surface area (Å²) in [7, 11) is 0. The van der Waals surface area contributed by atoms with Gasteiger partial charge in [0.2, 0.25) is 0 Å². The molecule has 0 atom stereocenters. The fraction of sp³-hybridized carbons (Fsp3) is 0.381. The Morgan fingerprint density at radius 2 is 1.70 bits per heavy atom. The van der Waals surface area contributed by atoms with Gasteiger partial charge in [-0.05, 0) is 63.4 Å². The molecule has 6 nitrogen and oxygen atoms in total. The Morgan fingerprint density at radius 3 is 2.37 bits per heavy atom. The molecular formula is C21H25N3O3. The lowest BCUT2D eigenvalue weighted by atomic mass is 10.1. The second kappa shape index (κ2) is 8.66. The van der Waals surface area contributed by atoms with Crippen molar-refractivity contribution < 1.29 is 14.3 Å². The van der Waals surface area contributed by atoms with Gasteiger partial charge in [0, 0.05) is 31.2 Å². The largest absolute Gasteiger partial charge is 0.491 e. The molecule has 1 N–H and O–H groups in total. The molecule has 1 aromatic carbocycles. The Morgan fingerprint density at radius 1 is 1.04 bits per heavy atom. The van der Waals surface area contributed by atoms with Crippen molar-refractivity contribution in [1.82, 2.24) is 9.88 Å². The zero-order chi connectivity index (χ0) is 19.2. The smallest absolute Gasteiger partial charge is 0.257 e. The van der Waals surface area contributed by atoms with Gasteiger partial charge in [0.15, 0.2) is 0 Å². The average molecular weight is 367 g/mol. The van der Waals surface area contributed by atoms with Gasteiger partial charge in [0.05, 0.1) is 17.2 Å². The molecule has 1 saturated heterocycles. The first-order valence-electron chi connectivity index (χ1n) is 9.35. The Labute approximate surface area is 159 Å². The number of nitrogens with one attached hydrogen (secondary N) is 1. The zero-order valence-corrected chi connectivity index (χ0v) is 15.8. The van der Waals surface area contributed by atoms with Crippen LogP contribution in [0.4, 0.5) is 5.69 Å². The Balaban J connectivity index is 1.67. The maximum Gasteiger partial charge on any atom is 0.257 e. The molecule has 2 amide bonds.